The summed E-state index contributed by atoms with van der Waals surface area (Å²) in [6.45, 7) is 0.248. The van der Waals surface area contributed by atoms with Crippen LogP contribution in [-0.4, -0.2) is 30.3 Å². The van der Waals surface area contributed by atoms with Gasteiger partial charge in [0.05, 0.1) is 14.2 Å². The first-order valence-electron chi connectivity index (χ1n) is 7.58. The van der Waals surface area contributed by atoms with Crippen molar-refractivity contribution in [2.75, 3.05) is 14.2 Å². The number of amides is 1. The Hall–Kier alpha value is -3.35. The highest BCUT2D eigenvalue weighted by atomic mass is 16.6. The number of hydrogen-bond donors (Lipinski definition) is 1. The molecule has 0 aliphatic carbocycles. The van der Waals surface area contributed by atoms with Crippen LogP contribution in [0.4, 0.5) is 4.79 Å². The standard InChI is InChI=1S/C18H17N3O4/c1-23-14-7-5-13(15(10-14)24-2)11-20-18(22)25-16-8-6-12-4-3-9-19-17(12)21-16/h3-10H,11H2,1-2H3,(H,20,22). The highest BCUT2D eigenvalue weighted by Gasteiger charge is 2.10. The van der Waals surface area contributed by atoms with E-state index in [-0.39, 0.29) is 12.4 Å². The largest absolute Gasteiger partial charge is 0.497 e. The molecule has 3 rings (SSSR count). The van der Waals surface area contributed by atoms with Crippen LogP contribution in [0.15, 0.2) is 48.7 Å². The highest BCUT2D eigenvalue weighted by molar-refractivity contribution is 5.76. The van der Waals surface area contributed by atoms with Gasteiger partial charge in [0.15, 0.2) is 5.65 Å². The minimum absolute atomic E-state index is 0.186. The second-order valence-corrected chi connectivity index (χ2v) is 5.12. The smallest absolute Gasteiger partial charge is 0.414 e. The number of nitrogens with zero attached hydrogens (tertiary/aromatic N) is 2. The minimum Gasteiger partial charge on any atom is -0.497 e. The van der Waals surface area contributed by atoms with Gasteiger partial charge in [-0.05, 0) is 30.3 Å². The first-order chi connectivity index (χ1) is 12.2. The molecule has 25 heavy (non-hydrogen) atoms. The molecule has 0 atom stereocenters. The van der Waals surface area contributed by atoms with E-state index in [4.69, 9.17) is 14.2 Å². The Labute approximate surface area is 144 Å². The molecule has 0 spiro atoms. The fourth-order valence-corrected chi connectivity index (χ4v) is 2.29. The van der Waals surface area contributed by atoms with Gasteiger partial charge in [-0.15, -0.1) is 0 Å². The molecule has 0 saturated heterocycles. The Balaban J connectivity index is 1.64. The van der Waals surface area contributed by atoms with Crippen molar-refractivity contribution in [1.82, 2.24) is 15.3 Å². The summed E-state index contributed by atoms with van der Waals surface area (Å²) in [6, 6.07) is 12.5. The van der Waals surface area contributed by atoms with Crippen molar-refractivity contribution in [2.24, 2.45) is 0 Å². The van der Waals surface area contributed by atoms with Gasteiger partial charge in [-0.1, -0.05) is 0 Å². The fraction of sp³-hybridized carbons (Fsp3) is 0.167. The van der Waals surface area contributed by atoms with E-state index in [1.54, 1.807) is 44.7 Å². The van der Waals surface area contributed by atoms with Crippen LogP contribution in [0, 0.1) is 0 Å². The Morgan fingerprint density at radius 3 is 2.80 bits per heavy atom. The molecule has 2 heterocycles. The molecule has 0 aliphatic heterocycles. The Bertz CT molecular complexity index is 898. The molecule has 128 valence electrons. The summed E-state index contributed by atoms with van der Waals surface area (Å²) in [7, 11) is 3.14. The maximum absolute atomic E-state index is 12.0. The number of benzene rings is 1. The molecule has 7 heteroatoms. The van der Waals surface area contributed by atoms with Crippen LogP contribution < -0.4 is 19.5 Å². The molecule has 0 radical (unpaired) electrons. The van der Waals surface area contributed by atoms with E-state index in [0.717, 1.165) is 10.9 Å². The molecule has 2 aromatic heterocycles. The quantitative estimate of drug-likeness (QED) is 0.769. The molecule has 1 aromatic carbocycles. The second-order valence-electron chi connectivity index (χ2n) is 5.12. The van der Waals surface area contributed by atoms with Crippen LogP contribution >= 0.6 is 0 Å². The monoisotopic (exact) mass is 339 g/mol. The zero-order valence-corrected chi connectivity index (χ0v) is 13.9. The van der Waals surface area contributed by atoms with Gasteiger partial charge >= 0.3 is 6.09 Å². The average Bonchev–Trinajstić information content (AvgIpc) is 2.66. The number of pyridine rings is 2. The van der Waals surface area contributed by atoms with Crippen molar-refractivity contribution < 1.29 is 19.0 Å². The summed E-state index contributed by atoms with van der Waals surface area (Å²) < 4.78 is 15.6. The van der Waals surface area contributed by atoms with Crippen LogP contribution in [0.2, 0.25) is 0 Å². The zero-order valence-electron chi connectivity index (χ0n) is 13.9. The molecule has 1 N–H and O–H groups in total. The molecular formula is C18H17N3O4. The summed E-state index contributed by atoms with van der Waals surface area (Å²) in [5.74, 6) is 1.48. The van der Waals surface area contributed by atoms with Gasteiger partial charge in [0.2, 0.25) is 5.88 Å². The van der Waals surface area contributed by atoms with Gasteiger partial charge in [0.25, 0.3) is 0 Å². The van der Waals surface area contributed by atoms with E-state index in [0.29, 0.717) is 17.1 Å². The number of rotatable bonds is 5. The number of ether oxygens (including phenoxy) is 3. The molecule has 0 unspecified atom stereocenters. The van der Waals surface area contributed by atoms with E-state index >= 15 is 0 Å². The van der Waals surface area contributed by atoms with Gasteiger partial charge in [-0.2, -0.15) is 4.98 Å². The predicted octanol–water partition coefficient (Wildman–Crippen LogP) is 2.94. The summed E-state index contributed by atoms with van der Waals surface area (Å²) >= 11 is 0. The number of aromatic nitrogens is 2. The van der Waals surface area contributed by atoms with E-state index < -0.39 is 6.09 Å². The van der Waals surface area contributed by atoms with Crippen molar-refractivity contribution in [2.45, 2.75) is 6.54 Å². The van der Waals surface area contributed by atoms with E-state index in [9.17, 15) is 4.79 Å². The summed E-state index contributed by atoms with van der Waals surface area (Å²) in [5, 5.41) is 3.54. The van der Waals surface area contributed by atoms with Crippen molar-refractivity contribution >= 4 is 17.1 Å². The summed E-state index contributed by atoms with van der Waals surface area (Å²) in [6.07, 6.45) is 1.02. The third-order valence-electron chi connectivity index (χ3n) is 3.55. The maximum Gasteiger partial charge on any atom is 0.414 e. The first kappa shape index (κ1) is 16.5. The van der Waals surface area contributed by atoms with Gasteiger partial charge in [0.1, 0.15) is 11.5 Å². The van der Waals surface area contributed by atoms with Crippen LogP contribution in [-0.2, 0) is 6.54 Å². The topological polar surface area (TPSA) is 82.6 Å². The third-order valence-corrected chi connectivity index (χ3v) is 3.55. The Morgan fingerprint density at radius 2 is 2.00 bits per heavy atom. The molecule has 0 bridgehead atoms. The summed E-state index contributed by atoms with van der Waals surface area (Å²) in [4.78, 5) is 20.3. The number of hydrogen-bond acceptors (Lipinski definition) is 6. The molecule has 3 aromatic rings. The first-order valence-corrected chi connectivity index (χ1v) is 7.58. The average molecular weight is 339 g/mol. The molecule has 7 nitrogen and oxygen atoms in total. The SMILES string of the molecule is COc1ccc(CNC(=O)Oc2ccc3cccnc3n2)c(OC)c1. The Morgan fingerprint density at radius 1 is 1.12 bits per heavy atom. The number of carbonyl (C=O) groups excluding carboxylic acids is 1. The van der Waals surface area contributed by atoms with Crippen LogP contribution in [0.5, 0.6) is 17.4 Å². The molecule has 1 amide bonds. The van der Waals surface area contributed by atoms with Gasteiger partial charge in [-0.3, -0.25) is 0 Å². The number of methoxy groups -OCH3 is 2. The normalized spacial score (nSPS) is 10.3. The maximum atomic E-state index is 12.0. The van der Waals surface area contributed by atoms with Crippen LogP contribution in [0.1, 0.15) is 5.56 Å². The lowest BCUT2D eigenvalue weighted by molar-refractivity contribution is 0.198. The van der Waals surface area contributed by atoms with Crippen molar-refractivity contribution in [3.63, 3.8) is 0 Å². The van der Waals surface area contributed by atoms with Gasteiger partial charge in [0, 0.05) is 35.8 Å². The number of carbonyl (C=O) groups is 1. The Kier molecular flexibility index (Phi) is 4.94. The molecular weight excluding hydrogens is 322 g/mol. The lowest BCUT2D eigenvalue weighted by atomic mass is 10.2. The fourth-order valence-electron chi connectivity index (χ4n) is 2.29. The lowest BCUT2D eigenvalue weighted by Crippen LogP contribution is -2.26. The summed E-state index contributed by atoms with van der Waals surface area (Å²) in [5.41, 5.74) is 1.32. The third kappa shape index (κ3) is 3.95. The van der Waals surface area contributed by atoms with Crippen molar-refractivity contribution in [3.8, 4) is 17.4 Å². The van der Waals surface area contributed by atoms with E-state index in [1.165, 1.54) is 0 Å². The highest BCUT2D eigenvalue weighted by Crippen LogP contribution is 2.24. The van der Waals surface area contributed by atoms with E-state index in [1.807, 2.05) is 18.2 Å². The number of nitrogens with one attached hydrogen (secondary N) is 1. The van der Waals surface area contributed by atoms with Gasteiger partial charge in [-0.25, -0.2) is 9.78 Å². The molecule has 0 aliphatic rings. The lowest BCUT2D eigenvalue weighted by Gasteiger charge is -2.11. The van der Waals surface area contributed by atoms with Crippen LogP contribution in [0.3, 0.4) is 0 Å². The zero-order chi connectivity index (χ0) is 17.6. The minimum atomic E-state index is -0.611. The molecule has 0 fully saturated rings. The van der Waals surface area contributed by atoms with Gasteiger partial charge < -0.3 is 19.5 Å². The van der Waals surface area contributed by atoms with Crippen LogP contribution in [0.25, 0.3) is 11.0 Å². The van der Waals surface area contributed by atoms with E-state index in [2.05, 4.69) is 15.3 Å². The van der Waals surface area contributed by atoms with Crippen molar-refractivity contribution in [1.29, 1.82) is 0 Å². The van der Waals surface area contributed by atoms with Crippen molar-refractivity contribution in [3.05, 3.63) is 54.2 Å². The number of fused-ring (bicyclic) bond motifs is 1. The second kappa shape index (κ2) is 7.48. The molecule has 0 saturated carbocycles. The predicted molar refractivity (Wildman–Crippen MR) is 91.9 cm³/mol.